The molecular formula is C13H26N2O. The third kappa shape index (κ3) is 2.13. The first kappa shape index (κ1) is 12.3. The van der Waals surface area contributed by atoms with Gasteiger partial charge in [-0.25, -0.2) is 0 Å². The highest BCUT2D eigenvalue weighted by atomic mass is 16.5. The van der Waals surface area contributed by atoms with Crippen LogP contribution in [0.1, 0.15) is 40.5 Å². The van der Waals surface area contributed by atoms with E-state index in [1.807, 2.05) is 0 Å². The third-order valence-corrected chi connectivity index (χ3v) is 4.31. The van der Waals surface area contributed by atoms with Crippen molar-refractivity contribution in [2.45, 2.75) is 57.8 Å². The third-order valence-electron chi connectivity index (χ3n) is 4.31. The molecule has 2 atom stereocenters. The Labute approximate surface area is 99.3 Å². The molecule has 0 spiro atoms. The summed E-state index contributed by atoms with van der Waals surface area (Å²) in [6.45, 7) is 12.2. The van der Waals surface area contributed by atoms with Crippen LogP contribution in [-0.2, 0) is 4.74 Å². The van der Waals surface area contributed by atoms with Crippen molar-refractivity contribution in [1.82, 2.24) is 4.90 Å². The van der Waals surface area contributed by atoms with E-state index < -0.39 is 0 Å². The van der Waals surface area contributed by atoms with Crippen molar-refractivity contribution in [3.8, 4) is 0 Å². The topological polar surface area (TPSA) is 38.5 Å². The molecular weight excluding hydrogens is 200 g/mol. The summed E-state index contributed by atoms with van der Waals surface area (Å²) in [7, 11) is 0. The molecule has 94 valence electrons. The van der Waals surface area contributed by atoms with Gasteiger partial charge < -0.3 is 15.4 Å². The molecule has 0 aromatic heterocycles. The molecule has 0 aromatic rings. The average Bonchev–Trinajstić information content (AvgIpc) is 2.67. The minimum Gasteiger partial charge on any atom is -0.368 e. The van der Waals surface area contributed by atoms with Crippen molar-refractivity contribution in [1.29, 1.82) is 0 Å². The molecule has 0 radical (unpaired) electrons. The van der Waals surface area contributed by atoms with E-state index in [1.165, 1.54) is 25.9 Å². The maximum absolute atomic E-state index is 6.36. The molecule has 0 aromatic carbocycles. The zero-order valence-corrected chi connectivity index (χ0v) is 11.1. The first-order valence-corrected chi connectivity index (χ1v) is 6.51. The van der Waals surface area contributed by atoms with Gasteiger partial charge in [-0.2, -0.15) is 0 Å². The van der Waals surface area contributed by atoms with E-state index in [0.717, 1.165) is 6.54 Å². The van der Waals surface area contributed by atoms with Gasteiger partial charge >= 0.3 is 0 Å². The van der Waals surface area contributed by atoms with Gasteiger partial charge in [0, 0.05) is 18.5 Å². The van der Waals surface area contributed by atoms with E-state index in [9.17, 15) is 0 Å². The molecule has 2 N–H and O–H groups in total. The van der Waals surface area contributed by atoms with E-state index in [2.05, 4.69) is 32.6 Å². The van der Waals surface area contributed by atoms with Gasteiger partial charge in [-0.3, -0.25) is 0 Å². The van der Waals surface area contributed by atoms with Crippen molar-refractivity contribution in [2.75, 3.05) is 19.6 Å². The summed E-state index contributed by atoms with van der Waals surface area (Å²) < 4.78 is 6.12. The largest absolute Gasteiger partial charge is 0.368 e. The minimum atomic E-state index is -0.187. The molecule has 0 bridgehead atoms. The van der Waals surface area contributed by atoms with Crippen molar-refractivity contribution >= 4 is 0 Å². The summed E-state index contributed by atoms with van der Waals surface area (Å²) in [6.07, 6.45) is 2.68. The Hall–Kier alpha value is -0.120. The molecule has 2 saturated heterocycles. The molecule has 2 heterocycles. The molecule has 0 amide bonds. The Morgan fingerprint density at radius 1 is 1.12 bits per heavy atom. The lowest BCUT2D eigenvalue weighted by molar-refractivity contribution is -0.0781. The predicted molar refractivity (Wildman–Crippen MR) is 66.4 cm³/mol. The van der Waals surface area contributed by atoms with E-state index in [1.54, 1.807) is 0 Å². The highest BCUT2D eigenvalue weighted by Crippen LogP contribution is 2.41. The van der Waals surface area contributed by atoms with Crippen LogP contribution in [0.5, 0.6) is 0 Å². The monoisotopic (exact) mass is 226 g/mol. The van der Waals surface area contributed by atoms with E-state index >= 15 is 0 Å². The second-order valence-corrected chi connectivity index (χ2v) is 6.45. The quantitative estimate of drug-likeness (QED) is 0.777. The fourth-order valence-corrected chi connectivity index (χ4v) is 3.32. The lowest BCUT2D eigenvalue weighted by atomic mass is 9.83. The Bertz CT molecular complexity index is 257. The Balaban J connectivity index is 2.06. The van der Waals surface area contributed by atoms with Crippen LogP contribution < -0.4 is 5.73 Å². The number of rotatable bonds is 2. The van der Waals surface area contributed by atoms with Crippen molar-refractivity contribution in [3.63, 3.8) is 0 Å². The molecule has 2 rings (SSSR count). The predicted octanol–water partition coefficient (Wildman–Crippen LogP) is 1.61. The zero-order valence-electron chi connectivity index (χ0n) is 11.1. The van der Waals surface area contributed by atoms with Gasteiger partial charge in [-0.1, -0.05) is 0 Å². The van der Waals surface area contributed by atoms with Crippen LogP contribution in [0.4, 0.5) is 0 Å². The molecule has 0 saturated carbocycles. The molecule has 2 fully saturated rings. The minimum absolute atomic E-state index is 0.0918. The van der Waals surface area contributed by atoms with Crippen molar-refractivity contribution < 1.29 is 4.74 Å². The second kappa shape index (κ2) is 3.97. The van der Waals surface area contributed by atoms with Crippen LogP contribution in [-0.4, -0.2) is 41.8 Å². The van der Waals surface area contributed by atoms with Gasteiger partial charge in [0.25, 0.3) is 0 Å². The Kier molecular flexibility index (Phi) is 3.06. The molecule has 0 aliphatic carbocycles. The molecule has 2 aliphatic heterocycles. The highest BCUT2D eigenvalue weighted by molar-refractivity contribution is 5.04. The van der Waals surface area contributed by atoms with Crippen LogP contribution in [0.3, 0.4) is 0 Å². The number of hydrogen-bond donors (Lipinski definition) is 1. The summed E-state index contributed by atoms with van der Waals surface area (Å²) in [4.78, 5) is 2.54. The summed E-state index contributed by atoms with van der Waals surface area (Å²) in [5.41, 5.74) is 6.08. The van der Waals surface area contributed by atoms with Crippen molar-refractivity contribution in [3.05, 3.63) is 0 Å². The Morgan fingerprint density at radius 3 is 2.12 bits per heavy atom. The molecule has 3 heteroatoms. The first-order chi connectivity index (χ1) is 7.33. The number of likely N-dealkylation sites (tertiary alicyclic amines) is 1. The zero-order chi connectivity index (χ0) is 12.0. The molecule has 3 nitrogen and oxygen atoms in total. The van der Waals surface area contributed by atoms with Crippen LogP contribution in [0.2, 0.25) is 0 Å². The van der Waals surface area contributed by atoms with Gasteiger partial charge in [-0.05, 0) is 53.6 Å². The Morgan fingerprint density at radius 2 is 1.69 bits per heavy atom. The van der Waals surface area contributed by atoms with Gasteiger partial charge in [0.1, 0.15) is 0 Å². The fourth-order valence-electron chi connectivity index (χ4n) is 3.32. The summed E-state index contributed by atoms with van der Waals surface area (Å²) in [6, 6.07) is 0.142. The maximum Gasteiger partial charge on any atom is 0.0788 e. The number of ether oxygens (including phenoxy) is 1. The average molecular weight is 226 g/mol. The fraction of sp³-hybridized carbons (Fsp3) is 1.00. The van der Waals surface area contributed by atoms with Crippen LogP contribution >= 0.6 is 0 Å². The molecule has 16 heavy (non-hydrogen) atoms. The summed E-state index contributed by atoms with van der Waals surface area (Å²) in [5, 5.41) is 0. The summed E-state index contributed by atoms with van der Waals surface area (Å²) in [5.74, 6) is 0.445. The lowest BCUT2D eigenvalue weighted by Crippen LogP contribution is -2.47. The molecule has 2 unspecified atom stereocenters. The lowest BCUT2D eigenvalue weighted by Gasteiger charge is -2.31. The normalized spacial score (nSPS) is 38.1. The van der Waals surface area contributed by atoms with E-state index in [0.29, 0.717) is 5.92 Å². The highest BCUT2D eigenvalue weighted by Gasteiger charge is 2.52. The van der Waals surface area contributed by atoms with Crippen LogP contribution in [0, 0.1) is 5.92 Å². The van der Waals surface area contributed by atoms with Crippen molar-refractivity contribution in [2.24, 2.45) is 11.7 Å². The number of nitrogens with two attached hydrogens (primary N) is 1. The van der Waals surface area contributed by atoms with Crippen LogP contribution in [0.25, 0.3) is 0 Å². The van der Waals surface area contributed by atoms with E-state index in [-0.39, 0.29) is 17.2 Å². The SMILES string of the molecule is CC1(C)OC(C)(C)C(CN2CCCC2)C1N. The number of nitrogens with zero attached hydrogens (tertiary/aromatic N) is 1. The molecule has 2 aliphatic rings. The second-order valence-electron chi connectivity index (χ2n) is 6.45. The van der Waals surface area contributed by atoms with Crippen LogP contribution in [0.15, 0.2) is 0 Å². The maximum atomic E-state index is 6.36. The smallest absolute Gasteiger partial charge is 0.0788 e. The van der Waals surface area contributed by atoms with Gasteiger partial charge in [0.05, 0.1) is 11.2 Å². The number of hydrogen-bond acceptors (Lipinski definition) is 3. The van der Waals surface area contributed by atoms with Gasteiger partial charge in [0.15, 0.2) is 0 Å². The van der Waals surface area contributed by atoms with Gasteiger partial charge in [0.2, 0.25) is 0 Å². The summed E-state index contributed by atoms with van der Waals surface area (Å²) >= 11 is 0. The first-order valence-electron chi connectivity index (χ1n) is 6.51. The standard InChI is InChI=1S/C13H26N2O/c1-12(2)10(9-15-7-5-6-8-15)11(14)13(3,4)16-12/h10-11H,5-9,14H2,1-4H3. The van der Waals surface area contributed by atoms with Gasteiger partial charge in [-0.15, -0.1) is 0 Å². The van der Waals surface area contributed by atoms with E-state index in [4.69, 9.17) is 10.5 Å².